The van der Waals surface area contributed by atoms with Gasteiger partial charge in [0.25, 0.3) is 0 Å². The number of hydrogen-bond acceptors (Lipinski definition) is 1. The molecular formula is C10H13FO. The van der Waals surface area contributed by atoms with Gasteiger partial charge in [0.15, 0.2) is 0 Å². The Morgan fingerprint density at radius 2 is 2.08 bits per heavy atom. The van der Waals surface area contributed by atoms with E-state index in [2.05, 4.69) is 0 Å². The molecule has 0 amide bonds. The summed E-state index contributed by atoms with van der Waals surface area (Å²) in [5.74, 6) is 0.668. The molecule has 0 spiro atoms. The lowest BCUT2D eigenvalue weighted by Crippen LogP contribution is -1.97. The summed E-state index contributed by atoms with van der Waals surface area (Å²) in [6.07, 6.45) is 0.945. The van der Waals surface area contributed by atoms with Crippen LogP contribution in [0.1, 0.15) is 18.9 Å². The molecule has 0 aromatic heterocycles. The molecule has 0 atom stereocenters. The summed E-state index contributed by atoms with van der Waals surface area (Å²) in [5.41, 5.74) is 0.631. The molecule has 0 saturated carbocycles. The molecule has 0 fully saturated rings. The summed E-state index contributed by atoms with van der Waals surface area (Å²) >= 11 is 0. The molecule has 0 heterocycles. The zero-order chi connectivity index (χ0) is 8.81. The minimum atomic E-state index is -0.458. The molecule has 0 N–H and O–H groups in total. The van der Waals surface area contributed by atoms with Crippen LogP contribution in [-0.4, -0.2) is 6.61 Å². The first-order valence-corrected chi connectivity index (χ1v) is 4.15. The normalized spacial score (nSPS) is 9.83. The highest BCUT2D eigenvalue weighted by Gasteiger charge is 2.00. The first-order valence-electron chi connectivity index (χ1n) is 4.15. The second kappa shape index (κ2) is 4.75. The number of benzene rings is 1. The topological polar surface area (TPSA) is 9.23 Å². The molecule has 1 aromatic carbocycles. The average molecular weight is 168 g/mol. The third-order valence-corrected chi connectivity index (χ3v) is 1.58. The van der Waals surface area contributed by atoms with Crippen molar-refractivity contribution >= 4 is 0 Å². The number of hydrogen-bond donors (Lipinski definition) is 0. The van der Waals surface area contributed by atoms with Crippen LogP contribution < -0.4 is 4.74 Å². The Morgan fingerprint density at radius 3 is 2.75 bits per heavy atom. The molecule has 1 aromatic rings. The molecule has 66 valence electrons. The molecule has 0 unspecified atom stereocenters. The molecular weight excluding hydrogens is 155 g/mol. The second-order valence-corrected chi connectivity index (χ2v) is 2.59. The Bertz CT molecular complexity index is 235. The van der Waals surface area contributed by atoms with Crippen LogP contribution in [0.3, 0.4) is 0 Å². The van der Waals surface area contributed by atoms with Crippen molar-refractivity contribution in [2.75, 3.05) is 6.61 Å². The quantitative estimate of drug-likeness (QED) is 0.671. The van der Waals surface area contributed by atoms with Crippen molar-refractivity contribution in [3.63, 3.8) is 0 Å². The van der Waals surface area contributed by atoms with E-state index in [1.54, 1.807) is 12.1 Å². The Morgan fingerprint density at radius 1 is 1.33 bits per heavy atom. The van der Waals surface area contributed by atoms with Crippen molar-refractivity contribution in [3.8, 4) is 5.75 Å². The zero-order valence-electron chi connectivity index (χ0n) is 7.22. The van der Waals surface area contributed by atoms with E-state index in [4.69, 9.17) is 4.74 Å². The van der Waals surface area contributed by atoms with Crippen LogP contribution >= 0.6 is 0 Å². The summed E-state index contributed by atoms with van der Waals surface area (Å²) in [7, 11) is 0. The number of ether oxygens (including phenoxy) is 1. The van der Waals surface area contributed by atoms with E-state index < -0.39 is 6.67 Å². The van der Waals surface area contributed by atoms with Crippen molar-refractivity contribution in [2.45, 2.75) is 20.0 Å². The molecule has 0 aliphatic carbocycles. The van der Waals surface area contributed by atoms with E-state index in [9.17, 15) is 4.39 Å². The first kappa shape index (κ1) is 9.04. The van der Waals surface area contributed by atoms with Crippen molar-refractivity contribution in [1.29, 1.82) is 0 Å². The zero-order valence-corrected chi connectivity index (χ0v) is 7.22. The van der Waals surface area contributed by atoms with Gasteiger partial charge >= 0.3 is 0 Å². The van der Waals surface area contributed by atoms with Gasteiger partial charge in [0.2, 0.25) is 0 Å². The smallest absolute Gasteiger partial charge is 0.125 e. The Labute approximate surface area is 72.2 Å². The largest absolute Gasteiger partial charge is 0.493 e. The average Bonchev–Trinajstić information content (AvgIpc) is 2.15. The van der Waals surface area contributed by atoms with Crippen molar-refractivity contribution in [2.24, 2.45) is 0 Å². The monoisotopic (exact) mass is 168 g/mol. The lowest BCUT2D eigenvalue weighted by Gasteiger charge is -2.07. The SMILES string of the molecule is CCCOc1ccccc1CF. The second-order valence-electron chi connectivity index (χ2n) is 2.59. The Kier molecular flexibility index (Phi) is 3.58. The first-order chi connectivity index (χ1) is 5.88. The third-order valence-electron chi connectivity index (χ3n) is 1.58. The molecule has 12 heavy (non-hydrogen) atoms. The Hall–Kier alpha value is -1.05. The van der Waals surface area contributed by atoms with Crippen LogP contribution in [0, 0.1) is 0 Å². The van der Waals surface area contributed by atoms with E-state index >= 15 is 0 Å². The molecule has 0 bridgehead atoms. The lowest BCUT2D eigenvalue weighted by atomic mass is 10.2. The van der Waals surface area contributed by atoms with Gasteiger partial charge in [-0.05, 0) is 12.5 Å². The van der Waals surface area contributed by atoms with Crippen LogP contribution in [0.4, 0.5) is 4.39 Å². The van der Waals surface area contributed by atoms with Gasteiger partial charge in [-0.2, -0.15) is 0 Å². The summed E-state index contributed by atoms with van der Waals surface area (Å²) in [4.78, 5) is 0. The summed E-state index contributed by atoms with van der Waals surface area (Å²) in [5, 5.41) is 0. The molecule has 0 aliphatic heterocycles. The maximum Gasteiger partial charge on any atom is 0.125 e. The standard InChI is InChI=1S/C10H13FO/c1-2-7-12-10-6-4-3-5-9(10)8-11/h3-6H,2,7-8H2,1H3. The van der Waals surface area contributed by atoms with Crippen molar-refractivity contribution in [1.82, 2.24) is 0 Å². The van der Waals surface area contributed by atoms with Crippen LogP contribution in [0.15, 0.2) is 24.3 Å². The fraction of sp³-hybridized carbons (Fsp3) is 0.400. The highest BCUT2D eigenvalue weighted by molar-refractivity contribution is 5.32. The van der Waals surface area contributed by atoms with E-state index in [1.807, 2.05) is 19.1 Å². The predicted octanol–water partition coefficient (Wildman–Crippen LogP) is 2.94. The molecule has 1 nitrogen and oxygen atoms in total. The van der Waals surface area contributed by atoms with Gasteiger partial charge in [0, 0.05) is 5.56 Å². The third kappa shape index (κ3) is 2.22. The van der Waals surface area contributed by atoms with Gasteiger partial charge in [-0.25, -0.2) is 4.39 Å². The van der Waals surface area contributed by atoms with Gasteiger partial charge in [0.05, 0.1) is 6.61 Å². The molecule has 0 radical (unpaired) electrons. The molecule has 1 rings (SSSR count). The van der Waals surface area contributed by atoms with Crippen LogP contribution in [-0.2, 0) is 6.67 Å². The van der Waals surface area contributed by atoms with Crippen molar-refractivity contribution < 1.29 is 9.13 Å². The predicted molar refractivity (Wildman–Crippen MR) is 47.0 cm³/mol. The highest BCUT2D eigenvalue weighted by Crippen LogP contribution is 2.18. The van der Waals surface area contributed by atoms with E-state index in [0.29, 0.717) is 17.9 Å². The number of halogens is 1. The lowest BCUT2D eigenvalue weighted by molar-refractivity contribution is 0.309. The summed E-state index contributed by atoms with van der Waals surface area (Å²) < 4.78 is 17.7. The van der Waals surface area contributed by atoms with Crippen molar-refractivity contribution in [3.05, 3.63) is 29.8 Å². The van der Waals surface area contributed by atoms with Crippen LogP contribution in [0.5, 0.6) is 5.75 Å². The Balaban J connectivity index is 2.68. The molecule has 2 heteroatoms. The molecule has 0 aliphatic rings. The van der Waals surface area contributed by atoms with Gasteiger partial charge in [-0.15, -0.1) is 0 Å². The van der Waals surface area contributed by atoms with E-state index in [-0.39, 0.29) is 0 Å². The van der Waals surface area contributed by atoms with Gasteiger partial charge in [0.1, 0.15) is 12.4 Å². The van der Waals surface area contributed by atoms with Gasteiger partial charge < -0.3 is 4.74 Å². The minimum absolute atomic E-state index is 0.458. The number of alkyl halides is 1. The van der Waals surface area contributed by atoms with Crippen LogP contribution in [0.25, 0.3) is 0 Å². The fourth-order valence-electron chi connectivity index (χ4n) is 0.967. The fourth-order valence-corrected chi connectivity index (χ4v) is 0.967. The van der Waals surface area contributed by atoms with Gasteiger partial charge in [-0.3, -0.25) is 0 Å². The van der Waals surface area contributed by atoms with E-state index in [0.717, 1.165) is 6.42 Å². The van der Waals surface area contributed by atoms with E-state index in [1.165, 1.54) is 0 Å². The maximum absolute atomic E-state index is 12.3. The maximum atomic E-state index is 12.3. The summed E-state index contributed by atoms with van der Waals surface area (Å²) in [6.45, 7) is 2.22. The van der Waals surface area contributed by atoms with Gasteiger partial charge in [-0.1, -0.05) is 25.1 Å². The highest BCUT2D eigenvalue weighted by atomic mass is 19.1. The number of rotatable bonds is 4. The summed E-state index contributed by atoms with van der Waals surface area (Å²) in [6, 6.07) is 7.20. The number of para-hydroxylation sites is 1. The van der Waals surface area contributed by atoms with Crippen LogP contribution in [0.2, 0.25) is 0 Å². The minimum Gasteiger partial charge on any atom is -0.493 e. The molecule has 0 saturated heterocycles.